The molecule has 1 N–H and O–H groups in total. The van der Waals surface area contributed by atoms with Crippen LogP contribution in [0.5, 0.6) is 17.4 Å². The van der Waals surface area contributed by atoms with E-state index in [0.717, 1.165) is 46.6 Å². The van der Waals surface area contributed by atoms with E-state index in [-0.39, 0.29) is 6.10 Å². The topological polar surface area (TPSA) is 50.4 Å². The van der Waals surface area contributed by atoms with Crippen molar-refractivity contribution >= 4 is 0 Å². The minimum atomic E-state index is 0.286. The Morgan fingerprint density at radius 1 is 0.974 bits per heavy atom. The lowest BCUT2D eigenvalue weighted by molar-refractivity contribution is 0.0274. The van der Waals surface area contributed by atoms with Crippen LogP contribution >= 0.6 is 0 Å². The van der Waals surface area contributed by atoms with Gasteiger partial charge < -0.3 is 14.5 Å². The molecule has 5 nitrogen and oxygen atoms in total. The summed E-state index contributed by atoms with van der Waals surface area (Å²) in [6.45, 7) is 8.35. The number of ether oxygens (including phenoxy) is 2. The van der Waals surface area contributed by atoms with Gasteiger partial charge in [0.05, 0.1) is 6.10 Å². The average molecular weight is 508 g/mol. The molecule has 2 aromatic carbocycles. The smallest absolute Gasteiger partial charge is 0.197 e. The van der Waals surface area contributed by atoms with Crippen molar-refractivity contribution in [2.75, 3.05) is 6.54 Å². The van der Waals surface area contributed by atoms with Crippen molar-refractivity contribution in [1.82, 2.24) is 14.9 Å². The lowest BCUT2D eigenvalue weighted by atomic mass is 9.70. The fourth-order valence-corrected chi connectivity index (χ4v) is 6.51. The first-order valence-corrected chi connectivity index (χ1v) is 13.9. The van der Waals surface area contributed by atoms with Crippen LogP contribution in [0, 0.1) is 5.41 Å². The van der Waals surface area contributed by atoms with E-state index >= 15 is 0 Å². The lowest BCUT2D eigenvalue weighted by Crippen LogP contribution is -2.47. The molecule has 0 amide bonds. The van der Waals surface area contributed by atoms with Crippen LogP contribution in [0.3, 0.4) is 0 Å². The number of pyridine rings is 1. The van der Waals surface area contributed by atoms with Crippen molar-refractivity contribution in [3.05, 3.63) is 85.3 Å². The molecule has 4 aromatic rings. The fraction of sp³-hybridized carbons (Fsp3) is 0.364. The molecule has 196 valence electrons. The van der Waals surface area contributed by atoms with Gasteiger partial charge in [0.2, 0.25) is 0 Å². The standard InChI is InChI=1S/C33H37N3O2/c1-23(2)36-19-16-33(3)21-28(13-15-31(33)36)37-27-11-8-24(9-12-27)25-10-14-29(26-6-4-17-34-22-26)30(20-25)38-32-7-5-18-35-32/h4-12,14,17-18,20,22-23,28,31,35H,13,15-16,19,21H2,1-3H3. The number of nitrogens with one attached hydrogen (secondary N) is 1. The molecule has 1 aliphatic heterocycles. The number of fused-ring (bicyclic) bond motifs is 1. The van der Waals surface area contributed by atoms with E-state index in [0.29, 0.717) is 23.4 Å². The number of aromatic nitrogens is 2. The van der Waals surface area contributed by atoms with Gasteiger partial charge in [0.25, 0.3) is 0 Å². The summed E-state index contributed by atoms with van der Waals surface area (Å²) < 4.78 is 12.8. The van der Waals surface area contributed by atoms with Crippen molar-refractivity contribution in [3.63, 3.8) is 0 Å². The summed E-state index contributed by atoms with van der Waals surface area (Å²) in [6.07, 6.45) is 10.6. The van der Waals surface area contributed by atoms with E-state index in [1.54, 1.807) is 6.20 Å². The van der Waals surface area contributed by atoms with E-state index in [1.807, 2.05) is 30.6 Å². The van der Waals surface area contributed by atoms with Gasteiger partial charge in [-0.15, -0.1) is 0 Å². The number of nitrogens with zero attached hydrogens (tertiary/aromatic N) is 2. The summed E-state index contributed by atoms with van der Waals surface area (Å²) in [4.78, 5) is 10.1. The van der Waals surface area contributed by atoms with Gasteiger partial charge in [0.15, 0.2) is 5.88 Å². The van der Waals surface area contributed by atoms with Gasteiger partial charge in [-0.3, -0.25) is 9.88 Å². The maximum absolute atomic E-state index is 6.53. The zero-order chi connectivity index (χ0) is 26.1. The largest absolute Gasteiger partial charge is 0.490 e. The van der Waals surface area contributed by atoms with Gasteiger partial charge in [-0.2, -0.15) is 0 Å². The monoisotopic (exact) mass is 507 g/mol. The predicted octanol–water partition coefficient (Wildman–Crippen LogP) is 7.96. The van der Waals surface area contributed by atoms with Crippen LogP contribution in [0.15, 0.2) is 85.3 Å². The molecule has 3 unspecified atom stereocenters. The molecule has 5 heteroatoms. The van der Waals surface area contributed by atoms with Gasteiger partial charge in [0, 0.05) is 47.9 Å². The lowest BCUT2D eigenvalue weighted by Gasteiger charge is -2.43. The molecule has 2 aromatic heterocycles. The minimum absolute atomic E-state index is 0.286. The number of likely N-dealkylation sites (tertiary alicyclic amines) is 1. The van der Waals surface area contributed by atoms with Gasteiger partial charge in [-0.1, -0.05) is 31.2 Å². The van der Waals surface area contributed by atoms with Crippen molar-refractivity contribution in [1.29, 1.82) is 0 Å². The summed E-state index contributed by atoms with van der Waals surface area (Å²) in [5.74, 6) is 2.45. The summed E-state index contributed by atoms with van der Waals surface area (Å²) in [6, 6.07) is 24.0. The Balaban J connectivity index is 1.19. The Kier molecular flexibility index (Phi) is 6.71. The van der Waals surface area contributed by atoms with Crippen LogP contribution < -0.4 is 9.47 Å². The summed E-state index contributed by atoms with van der Waals surface area (Å²) >= 11 is 0. The molecule has 2 aliphatic rings. The Morgan fingerprint density at radius 3 is 2.55 bits per heavy atom. The minimum Gasteiger partial charge on any atom is -0.490 e. The summed E-state index contributed by atoms with van der Waals surface area (Å²) in [5, 5.41) is 0. The molecule has 0 spiro atoms. The second-order valence-corrected chi connectivity index (χ2v) is 11.4. The van der Waals surface area contributed by atoms with Crippen LogP contribution in [-0.2, 0) is 0 Å². The number of aromatic amines is 1. The van der Waals surface area contributed by atoms with Gasteiger partial charge in [-0.25, -0.2) is 0 Å². The quantitative estimate of drug-likeness (QED) is 0.276. The van der Waals surface area contributed by atoms with Crippen molar-refractivity contribution in [2.24, 2.45) is 5.41 Å². The van der Waals surface area contributed by atoms with Crippen molar-refractivity contribution < 1.29 is 9.47 Å². The second kappa shape index (κ2) is 10.3. The maximum atomic E-state index is 6.53. The highest BCUT2D eigenvalue weighted by Gasteiger charge is 2.48. The van der Waals surface area contributed by atoms with Crippen LogP contribution in [0.2, 0.25) is 0 Å². The first-order chi connectivity index (χ1) is 18.5. The molecule has 1 saturated heterocycles. The highest BCUT2D eigenvalue weighted by molar-refractivity contribution is 5.76. The first kappa shape index (κ1) is 24.7. The fourth-order valence-electron chi connectivity index (χ4n) is 6.51. The maximum Gasteiger partial charge on any atom is 0.197 e. The average Bonchev–Trinajstić information content (AvgIpc) is 3.56. The third kappa shape index (κ3) is 4.95. The number of hydrogen-bond acceptors (Lipinski definition) is 4. The number of benzene rings is 2. The zero-order valence-electron chi connectivity index (χ0n) is 22.6. The summed E-state index contributed by atoms with van der Waals surface area (Å²) in [7, 11) is 0. The van der Waals surface area contributed by atoms with Crippen molar-refractivity contribution in [3.8, 4) is 39.6 Å². The first-order valence-electron chi connectivity index (χ1n) is 13.9. The zero-order valence-corrected chi connectivity index (χ0v) is 22.6. The van der Waals surface area contributed by atoms with E-state index in [2.05, 4.69) is 84.2 Å². The Morgan fingerprint density at radius 2 is 1.82 bits per heavy atom. The van der Waals surface area contributed by atoms with Gasteiger partial charge in [-0.05, 0) is 99.0 Å². The molecule has 1 aliphatic carbocycles. The van der Waals surface area contributed by atoms with Gasteiger partial charge >= 0.3 is 0 Å². The van der Waals surface area contributed by atoms with E-state index in [1.165, 1.54) is 19.4 Å². The van der Waals surface area contributed by atoms with Crippen LogP contribution in [0.4, 0.5) is 0 Å². The number of hydrogen-bond donors (Lipinski definition) is 1. The third-order valence-corrected chi connectivity index (χ3v) is 8.50. The highest BCUT2D eigenvalue weighted by atomic mass is 16.5. The van der Waals surface area contributed by atoms with Gasteiger partial charge in [0.1, 0.15) is 11.5 Å². The molecule has 0 bridgehead atoms. The highest BCUT2D eigenvalue weighted by Crippen LogP contribution is 2.48. The predicted molar refractivity (Wildman–Crippen MR) is 153 cm³/mol. The van der Waals surface area contributed by atoms with E-state index < -0.39 is 0 Å². The molecule has 38 heavy (non-hydrogen) atoms. The number of H-pyrrole nitrogens is 1. The molecular formula is C33H37N3O2. The van der Waals surface area contributed by atoms with E-state index in [9.17, 15) is 0 Å². The summed E-state index contributed by atoms with van der Waals surface area (Å²) in [5.41, 5.74) is 4.61. The Hall–Kier alpha value is -3.57. The molecule has 3 atom stereocenters. The number of rotatable bonds is 7. The molecule has 6 rings (SSSR count). The Bertz CT molecular complexity index is 1350. The van der Waals surface area contributed by atoms with Crippen molar-refractivity contribution in [2.45, 2.75) is 64.6 Å². The van der Waals surface area contributed by atoms with E-state index in [4.69, 9.17) is 9.47 Å². The molecule has 3 heterocycles. The van der Waals surface area contributed by atoms with Crippen LogP contribution in [-0.4, -0.2) is 39.6 Å². The Labute approximate surface area is 225 Å². The normalized spacial score (nSPS) is 23.4. The third-order valence-electron chi connectivity index (χ3n) is 8.50. The SMILES string of the molecule is CC(C)N1CCC2(C)CC(Oc3ccc(-c4ccc(-c5cccnc5)c(Oc5ccc[nH]5)c4)cc3)CCC12. The molecule has 1 saturated carbocycles. The molecular weight excluding hydrogens is 470 g/mol. The van der Waals surface area contributed by atoms with Crippen LogP contribution in [0.1, 0.15) is 46.5 Å². The second-order valence-electron chi connectivity index (χ2n) is 11.4. The molecule has 2 fully saturated rings. The van der Waals surface area contributed by atoms with Crippen LogP contribution in [0.25, 0.3) is 22.3 Å². The molecule has 0 radical (unpaired) electrons.